The van der Waals surface area contributed by atoms with Crippen LogP contribution in [0.1, 0.15) is 25.1 Å². The van der Waals surface area contributed by atoms with E-state index in [9.17, 15) is 0 Å². The van der Waals surface area contributed by atoms with E-state index in [1.54, 1.807) is 0 Å². The molecule has 0 radical (unpaired) electrons. The minimum Gasteiger partial charge on any atom is -0.331 e. The summed E-state index contributed by atoms with van der Waals surface area (Å²) in [5, 5.41) is 4.19. The highest BCUT2D eigenvalue weighted by molar-refractivity contribution is 6.31. The zero-order valence-electron chi connectivity index (χ0n) is 11.3. The van der Waals surface area contributed by atoms with Crippen molar-refractivity contribution in [2.75, 3.05) is 13.1 Å². The van der Waals surface area contributed by atoms with E-state index in [0.29, 0.717) is 0 Å². The first kappa shape index (κ1) is 12.9. The molecule has 0 bridgehead atoms. The van der Waals surface area contributed by atoms with Crippen molar-refractivity contribution in [3.63, 3.8) is 0 Å². The van der Waals surface area contributed by atoms with Crippen LogP contribution in [0.25, 0.3) is 11.0 Å². The van der Waals surface area contributed by atoms with Crippen molar-refractivity contribution in [1.82, 2.24) is 14.9 Å². The number of hydrogen-bond acceptors (Lipinski definition) is 2. The topological polar surface area (TPSA) is 29.9 Å². The van der Waals surface area contributed by atoms with Gasteiger partial charge in [0.2, 0.25) is 0 Å². The van der Waals surface area contributed by atoms with Crippen LogP contribution in [0.15, 0.2) is 18.2 Å². The predicted octanol–water partition coefficient (Wildman–Crippen LogP) is 3.16. The molecule has 2 heterocycles. The Labute approximate surface area is 119 Å². The normalized spacial score (nSPS) is 17.2. The molecule has 4 heteroatoms. The number of imidazole rings is 1. The average molecular weight is 278 g/mol. The lowest BCUT2D eigenvalue weighted by Gasteiger charge is -2.22. The third-order valence-corrected chi connectivity index (χ3v) is 4.41. The molecule has 1 N–H and O–H groups in total. The molecular formula is C15H20ClN3. The van der Waals surface area contributed by atoms with Crippen LogP contribution < -0.4 is 5.32 Å². The van der Waals surface area contributed by atoms with Crippen molar-refractivity contribution in [3.8, 4) is 0 Å². The molecule has 0 aliphatic carbocycles. The van der Waals surface area contributed by atoms with E-state index in [-0.39, 0.29) is 0 Å². The van der Waals surface area contributed by atoms with Crippen molar-refractivity contribution >= 4 is 22.6 Å². The SMILES string of the molecule is Cn1c(CCC2CCNCC2)nc2ccc(Cl)cc21. The monoisotopic (exact) mass is 277 g/mol. The van der Waals surface area contributed by atoms with Crippen molar-refractivity contribution in [2.24, 2.45) is 13.0 Å². The van der Waals surface area contributed by atoms with Crippen LogP contribution in [0.4, 0.5) is 0 Å². The third kappa shape index (κ3) is 2.77. The van der Waals surface area contributed by atoms with Crippen LogP contribution in [-0.4, -0.2) is 22.6 Å². The summed E-state index contributed by atoms with van der Waals surface area (Å²) in [5.74, 6) is 2.03. The number of nitrogens with zero attached hydrogens (tertiary/aromatic N) is 2. The molecule has 0 amide bonds. The summed E-state index contributed by atoms with van der Waals surface area (Å²) in [6.45, 7) is 2.34. The van der Waals surface area contributed by atoms with Crippen molar-refractivity contribution in [3.05, 3.63) is 29.0 Å². The zero-order valence-corrected chi connectivity index (χ0v) is 12.1. The molecule has 102 valence electrons. The number of rotatable bonds is 3. The summed E-state index contributed by atoms with van der Waals surface area (Å²) in [6.07, 6.45) is 4.91. The van der Waals surface area contributed by atoms with E-state index < -0.39 is 0 Å². The minimum absolute atomic E-state index is 0.778. The molecular weight excluding hydrogens is 258 g/mol. The summed E-state index contributed by atoms with van der Waals surface area (Å²) >= 11 is 6.05. The highest BCUT2D eigenvalue weighted by Gasteiger charge is 2.15. The number of aromatic nitrogens is 2. The molecule has 19 heavy (non-hydrogen) atoms. The van der Waals surface area contributed by atoms with Crippen LogP contribution >= 0.6 is 11.6 Å². The van der Waals surface area contributed by atoms with Crippen LogP contribution in [0.2, 0.25) is 5.02 Å². The molecule has 0 atom stereocenters. The lowest BCUT2D eigenvalue weighted by molar-refractivity contribution is 0.351. The molecule has 0 unspecified atom stereocenters. The zero-order chi connectivity index (χ0) is 13.2. The Bertz CT molecular complexity index is 570. The number of fused-ring (bicyclic) bond motifs is 1. The van der Waals surface area contributed by atoms with Gasteiger partial charge in [0.1, 0.15) is 5.82 Å². The lowest BCUT2D eigenvalue weighted by atomic mass is 9.93. The number of hydrogen-bond donors (Lipinski definition) is 1. The summed E-state index contributed by atoms with van der Waals surface area (Å²) < 4.78 is 2.18. The smallest absolute Gasteiger partial charge is 0.109 e. The number of nitrogens with one attached hydrogen (secondary N) is 1. The largest absolute Gasteiger partial charge is 0.331 e. The molecule has 1 saturated heterocycles. The van der Waals surface area contributed by atoms with Crippen LogP contribution in [0.3, 0.4) is 0 Å². The second kappa shape index (κ2) is 5.51. The first-order valence-corrected chi connectivity index (χ1v) is 7.43. The van der Waals surface area contributed by atoms with Gasteiger partial charge < -0.3 is 9.88 Å². The van der Waals surface area contributed by atoms with E-state index in [0.717, 1.165) is 28.4 Å². The molecule has 0 saturated carbocycles. The Morgan fingerprint density at radius 3 is 2.95 bits per heavy atom. The summed E-state index contributed by atoms with van der Waals surface area (Å²) in [5.41, 5.74) is 2.18. The first-order valence-electron chi connectivity index (χ1n) is 7.05. The maximum atomic E-state index is 6.05. The standard InChI is InChI=1S/C15H20ClN3/c1-19-14-10-12(16)3-4-13(14)18-15(19)5-2-11-6-8-17-9-7-11/h3-4,10-11,17H,2,5-9H2,1H3. The Balaban J connectivity index is 1.75. The second-order valence-corrected chi connectivity index (χ2v) is 5.89. The van der Waals surface area contributed by atoms with Gasteiger partial charge in [0, 0.05) is 18.5 Å². The van der Waals surface area contributed by atoms with E-state index in [1.807, 2.05) is 18.2 Å². The Hall–Kier alpha value is -1.06. The maximum Gasteiger partial charge on any atom is 0.109 e. The van der Waals surface area contributed by atoms with Gasteiger partial charge in [-0.05, 0) is 56.5 Å². The fourth-order valence-electron chi connectivity index (χ4n) is 2.94. The molecule has 0 spiro atoms. The van der Waals surface area contributed by atoms with E-state index in [4.69, 9.17) is 16.6 Å². The molecule has 1 aliphatic rings. The van der Waals surface area contributed by atoms with Gasteiger partial charge in [0.25, 0.3) is 0 Å². The van der Waals surface area contributed by atoms with Gasteiger partial charge in [-0.2, -0.15) is 0 Å². The second-order valence-electron chi connectivity index (χ2n) is 5.45. The van der Waals surface area contributed by atoms with Gasteiger partial charge in [0.05, 0.1) is 11.0 Å². The van der Waals surface area contributed by atoms with Gasteiger partial charge in [-0.25, -0.2) is 4.98 Å². The van der Waals surface area contributed by atoms with Crippen LogP contribution in [0.5, 0.6) is 0 Å². The van der Waals surface area contributed by atoms with Gasteiger partial charge in [0.15, 0.2) is 0 Å². The summed E-state index contributed by atoms with van der Waals surface area (Å²) in [7, 11) is 2.09. The molecule has 1 aliphatic heterocycles. The van der Waals surface area contributed by atoms with E-state index in [2.05, 4.69) is 16.9 Å². The Morgan fingerprint density at radius 2 is 2.16 bits per heavy atom. The molecule has 1 aromatic carbocycles. The molecule has 2 aromatic rings. The quantitative estimate of drug-likeness (QED) is 0.934. The lowest BCUT2D eigenvalue weighted by Crippen LogP contribution is -2.28. The fraction of sp³-hybridized carbons (Fsp3) is 0.533. The van der Waals surface area contributed by atoms with E-state index >= 15 is 0 Å². The average Bonchev–Trinajstić information content (AvgIpc) is 2.74. The van der Waals surface area contributed by atoms with Gasteiger partial charge in [-0.1, -0.05) is 11.6 Å². The molecule has 3 nitrogen and oxygen atoms in total. The molecule has 1 aromatic heterocycles. The molecule has 1 fully saturated rings. The number of benzene rings is 1. The van der Waals surface area contributed by atoms with Gasteiger partial charge >= 0.3 is 0 Å². The van der Waals surface area contributed by atoms with Gasteiger partial charge in [-0.3, -0.25) is 0 Å². The predicted molar refractivity (Wildman–Crippen MR) is 79.6 cm³/mol. The first-order chi connectivity index (χ1) is 9.24. The maximum absolute atomic E-state index is 6.05. The van der Waals surface area contributed by atoms with Crippen molar-refractivity contribution in [2.45, 2.75) is 25.7 Å². The number of piperidine rings is 1. The Morgan fingerprint density at radius 1 is 1.37 bits per heavy atom. The highest BCUT2D eigenvalue weighted by atomic mass is 35.5. The molecule has 3 rings (SSSR count). The minimum atomic E-state index is 0.778. The summed E-state index contributed by atoms with van der Waals surface area (Å²) in [4.78, 5) is 4.73. The van der Waals surface area contributed by atoms with Crippen molar-refractivity contribution < 1.29 is 0 Å². The fourth-order valence-corrected chi connectivity index (χ4v) is 3.11. The van der Waals surface area contributed by atoms with Crippen LogP contribution in [-0.2, 0) is 13.5 Å². The van der Waals surface area contributed by atoms with Crippen molar-refractivity contribution in [1.29, 1.82) is 0 Å². The summed E-state index contributed by atoms with van der Waals surface area (Å²) in [6, 6.07) is 5.91. The Kier molecular flexibility index (Phi) is 3.76. The van der Waals surface area contributed by atoms with E-state index in [1.165, 1.54) is 38.2 Å². The van der Waals surface area contributed by atoms with Crippen LogP contribution in [0, 0.1) is 5.92 Å². The number of aryl methyl sites for hydroxylation is 2. The third-order valence-electron chi connectivity index (χ3n) is 4.17. The highest BCUT2D eigenvalue weighted by Crippen LogP contribution is 2.23. The van der Waals surface area contributed by atoms with Gasteiger partial charge in [-0.15, -0.1) is 0 Å². The number of halogens is 1.